The van der Waals surface area contributed by atoms with E-state index in [0.29, 0.717) is 18.7 Å². The number of nitrogens with one attached hydrogen (secondary N) is 1. The predicted octanol–water partition coefficient (Wildman–Crippen LogP) is 4.83. The van der Waals surface area contributed by atoms with Gasteiger partial charge in [-0.05, 0) is 48.4 Å². The lowest BCUT2D eigenvalue weighted by Crippen LogP contribution is -2.28. The van der Waals surface area contributed by atoms with Crippen LogP contribution in [0, 0.1) is 0 Å². The fourth-order valence-corrected chi connectivity index (χ4v) is 3.29. The van der Waals surface area contributed by atoms with Gasteiger partial charge in [0.15, 0.2) is 0 Å². The number of carbonyl (C=O) groups excluding carboxylic acids is 1. The largest absolute Gasteiger partial charge is 0.412 e. The fourth-order valence-electron chi connectivity index (χ4n) is 3.29. The Hall–Kier alpha value is -3.93. The molecule has 1 amide bonds. The molecule has 2 heterocycles. The Kier molecular flexibility index (Phi) is 6.38. The summed E-state index contributed by atoms with van der Waals surface area (Å²) in [5.41, 5.74) is 3.90. The molecular weight excluding hydrogens is 388 g/mol. The number of aromatic nitrogens is 3. The van der Waals surface area contributed by atoms with Crippen molar-refractivity contribution in [3.05, 3.63) is 96.6 Å². The van der Waals surface area contributed by atoms with Crippen LogP contribution < -0.4 is 10.1 Å². The highest BCUT2D eigenvalue weighted by molar-refractivity contribution is 5.70. The minimum atomic E-state index is -0.448. The van der Waals surface area contributed by atoms with E-state index in [1.165, 1.54) is 0 Å². The van der Waals surface area contributed by atoms with Gasteiger partial charge in [0.25, 0.3) is 0 Å². The maximum atomic E-state index is 11.9. The van der Waals surface area contributed by atoms with E-state index in [-0.39, 0.29) is 0 Å². The normalized spacial score (nSPS) is 10.6. The molecule has 4 aromatic rings. The topological polar surface area (TPSA) is 69.0 Å². The number of aryl methyl sites for hydroxylation is 1. The molecule has 0 fully saturated rings. The van der Waals surface area contributed by atoms with Gasteiger partial charge >= 0.3 is 6.09 Å². The van der Waals surface area contributed by atoms with Crippen molar-refractivity contribution >= 4 is 6.09 Å². The van der Waals surface area contributed by atoms with Crippen LogP contribution >= 0.6 is 0 Å². The lowest BCUT2D eigenvalue weighted by atomic mass is 10.1. The maximum Gasteiger partial charge on any atom is 0.412 e. The summed E-state index contributed by atoms with van der Waals surface area (Å²) < 4.78 is 7.33. The van der Waals surface area contributed by atoms with Crippen LogP contribution in [0.15, 0.2) is 85.2 Å². The van der Waals surface area contributed by atoms with E-state index >= 15 is 0 Å². The smallest absolute Gasteiger partial charge is 0.410 e. The summed E-state index contributed by atoms with van der Waals surface area (Å²) in [4.78, 5) is 21.0. The minimum absolute atomic E-state index is 0.448. The molecule has 4 rings (SSSR count). The number of amides is 1. The maximum absolute atomic E-state index is 11.9. The number of pyridine rings is 1. The van der Waals surface area contributed by atoms with Crippen molar-refractivity contribution in [3.8, 4) is 22.8 Å². The van der Waals surface area contributed by atoms with E-state index in [9.17, 15) is 4.79 Å². The molecule has 156 valence electrons. The average molecular weight is 412 g/mol. The number of carbonyl (C=O) groups is 1. The molecule has 6 nitrogen and oxygen atoms in total. The standard InChI is InChI=1S/C25H24N4O2/c1-2-24-28-23(22-10-6-7-16-26-22)18-29(24)20-13-11-19(12-14-20)15-17-27-25(30)31-21-8-4-3-5-9-21/h3-14,16,18H,2,15,17H2,1H3,(H,27,30). The second-order valence-corrected chi connectivity index (χ2v) is 7.03. The van der Waals surface area contributed by atoms with Gasteiger partial charge in [-0.25, -0.2) is 9.78 Å². The molecule has 2 aromatic carbocycles. The Morgan fingerprint density at radius 3 is 2.45 bits per heavy atom. The van der Waals surface area contributed by atoms with Crippen LogP contribution in [0.5, 0.6) is 5.75 Å². The van der Waals surface area contributed by atoms with Crippen molar-refractivity contribution in [2.45, 2.75) is 19.8 Å². The summed E-state index contributed by atoms with van der Waals surface area (Å²) in [6, 6.07) is 23.1. The highest BCUT2D eigenvalue weighted by Crippen LogP contribution is 2.20. The van der Waals surface area contributed by atoms with E-state index in [1.807, 2.05) is 42.6 Å². The van der Waals surface area contributed by atoms with E-state index in [0.717, 1.165) is 34.9 Å². The fraction of sp³-hybridized carbons (Fsp3) is 0.160. The summed E-state index contributed by atoms with van der Waals surface area (Å²) in [5.74, 6) is 1.51. The zero-order valence-corrected chi connectivity index (χ0v) is 17.4. The summed E-state index contributed by atoms with van der Waals surface area (Å²) in [7, 11) is 0. The van der Waals surface area contributed by atoms with Crippen LogP contribution in [0.3, 0.4) is 0 Å². The van der Waals surface area contributed by atoms with Gasteiger partial charge in [0, 0.05) is 31.0 Å². The summed E-state index contributed by atoms with van der Waals surface area (Å²) in [5, 5.41) is 2.78. The van der Waals surface area contributed by atoms with Gasteiger partial charge in [-0.1, -0.05) is 43.3 Å². The van der Waals surface area contributed by atoms with E-state index in [4.69, 9.17) is 9.72 Å². The van der Waals surface area contributed by atoms with Crippen molar-refractivity contribution in [1.82, 2.24) is 19.9 Å². The van der Waals surface area contributed by atoms with Crippen LogP contribution in [-0.2, 0) is 12.8 Å². The molecule has 0 saturated carbocycles. The number of para-hydroxylation sites is 1. The van der Waals surface area contributed by atoms with Gasteiger partial charge < -0.3 is 14.6 Å². The van der Waals surface area contributed by atoms with Crippen molar-refractivity contribution in [3.63, 3.8) is 0 Å². The molecule has 1 N–H and O–H groups in total. The van der Waals surface area contributed by atoms with Crippen molar-refractivity contribution in [2.75, 3.05) is 6.54 Å². The lowest BCUT2D eigenvalue weighted by Gasteiger charge is -2.09. The first-order valence-corrected chi connectivity index (χ1v) is 10.3. The molecule has 0 atom stereocenters. The molecule has 0 saturated heterocycles. The molecule has 31 heavy (non-hydrogen) atoms. The van der Waals surface area contributed by atoms with Crippen molar-refractivity contribution in [2.24, 2.45) is 0 Å². The van der Waals surface area contributed by atoms with E-state index < -0.39 is 6.09 Å². The Bertz CT molecular complexity index is 1120. The molecule has 0 bridgehead atoms. The van der Waals surface area contributed by atoms with Gasteiger partial charge in [-0.15, -0.1) is 0 Å². The van der Waals surface area contributed by atoms with E-state index in [2.05, 4.69) is 46.1 Å². The number of benzene rings is 2. The lowest BCUT2D eigenvalue weighted by molar-refractivity contribution is 0.200. The van der Waals surface area contributed by atoms with Gasteiger partial charge in [0.2, 0.25) is 0 Å². The average Bonchev–Trinajstić information content (AvgIpc) is 3.25. The van der Waals surface area contributed by atoms with Crippen molar-refractivity contribution in [1.29, 1.82) is 0 Å². The number of rotatable bonds is 7. The second kappa shape index (κ2) is 9.71. The van der Waals surface area contributed by atoms with E-state index in [1.54, 1.807) is 18.3 Å². The molecule has 0 radical (unpaired) electrons. The summed E-state index contributed by atoms with van der Waals surface area (Å²) >= 11 is 0. The molecule has 0 aliphatic carbocycles. The molecule has 0 aliphatic heterocycles. The van der Waals surface area contributed by atoms with Crippen LogP contribution in [0.1, 0.15) is 18.3 Å². The van der Waals surface area contributed by atoms with Gasteiger partial charge in [0.1, 0.15) is 17.3 Å². The monoisotopic (exact) mass is 412 g/mol. The predicted molar refractivity (Wildman–Crippen MR) is 120 cm³/mol. The van der Waals surface area contributed by atoms with Crippen LogP contribution in [-0.4, -0.2) is 27.2 Å². The Morgan fingerprint density at radius 1 is 0.968 bits per heavy atom. The Balaban J connectivity index is 1.37. The molecule has 0 unspecified atom stereocenters. The first-order chi connectivity index (χ1) is 15.2. The third kappa shape index (κ3) is 5.17. The van der Waals surface area contributed by atoms with Crippen LogP contribution in [0.25, 0.3) is 17.1 Å². The third-order valence-electron chi connectivity index (χ3n) is 4.87. The van der Waals surface area contributed by atoms with Gasteiger partial charge in [-0.3, -0.25) is 4.98 Å². The molecule has 0 aliphatic rings. The van der Waals surface area contributed by atoms with Gasteiger partial charge in [-0.2, -0.15) is 0 Å². The molecule has 6 heteroatoms. The highest BCUT2D eigenvalue weighted by atomic mass is 16.5. The number of hydrogen-bond acceptors (Lipinski definition) is 4. The number of nitrogens with zero attached hydrogens (tertiary/aromatic N) is 3. The minimum Gasteiger partial charge on any atom is -0.410 e. The van der Waals surface area contributed by atoms with Crippen LogP contribution in [0.4, 0.5) is 4.79 Å². The second-order valence-electron chi connectivity index (χ2n) is 7.03. The summed E-state index contributed by atoms with van der Waals surface area (Å²) in [6.07, 6.45) is 4.89. The number of ether oxygens (including phenoxy) is 1. The van der Waals surface area contributed by atoms with Gasteiger partial charge in [0.05, 0.1) is 5.69 Å². The Labute approximate surface area is 181 Å². The summed E-state index contributed by atoms with van der Waals surface area (Å²) in [6.45, 7) is 2.59. The SMILES string of the molecule is CCc1nc(-c2ccccn2)cn1-c1ccc(CCNC(=O)Oc2ccccc2)cc1. The van der Waals surface area contributed by atoms with Crippen molar-refractivity contribution < 1.29 is 9.53 Å². The highest BCUT2D eigenvalue weighted by Gasteiger charge is 2.11. The zero-order valence-electron chi connectivity index (χ0n) is 17.4. The molecule has 0 spiro atoms. The first-order valence-electron chi connectivity index (χ1n) is 10.3. The third-order valence-corrected chi connectivity index (χ3v) is 4.87. The number of imidazole rings is 1. The number of hydrogen-bond donors (Lipinski definition) is 1. The first kappa shape index (κ1) is 20.3. The molecule has 2 aromatic heterocycles. The zero-order chi connectivity index (χ0) is 21.5. The quantitative estimate of drug-likeness (QED) is 0.472. The Morgan fingerprint density at radius 2 is 1.74 bits per heavy atom. The molecular formula is C25H24N4O2. The van der Waals surface area contributed by atoms with Crippen LogP contribution in [0.2, 0.25) is 0 Å².